The fraction of sp³-hybridized carbons (Fsp3) is 0.529. The van der Waals surface area contributed by atoms with Crippen LogP contribution in [0.5, 0.6) is 0 Å². The van der Waals surface area contributed by atoms with Crippen LogP contribution in [0.3, 0.4) is 0 Å². The van der Waals surface area contributed by atoms with Gasteiger partial charge in [-0.15, -0.1) is 0 Å². The van der Waals surface area contributed by atoms with Gasteiger partial charge in [-0.25, -0.2) is 0 Å². The lowest BCUT2D eigenvalue weighted by atomic mass is 9.84. The summed E-state index contributed by atoms with van der Waals surface area (Å²) >= 11 is 0. The summed E-state index contributed by atoms with van der Waals surface area (Å²) in [6.07, 6.45) is 0.758. The van der Waals surface area contributed by atoms with Gasteiger partial charge in [0.05, 0.1) is 17.6 Å². The minimum Gasteiger partial charge on any atom is -0.327 e. The van der Waals surface area contributed by atoms with Crippen LogP contribution in [0, 0.1) is 5.41 Å². The van der Waals surface area contributed by atoms with Crippen molar-refractivity contribution in [2.45, 2.75) is 53.1 Å². The summed E-state index contributed by atoms with van der Waals surface area (Å²) in [6, 6.07) is 7.93. The van der Waals surface area contributed by atoms with Gasteiger partial charge in [0.1, 0.15) is 5.78 Å². The van der Waals surface area contributed by atoms with Crippen molar-refractivity contribution in [3.63, 3.8) is 0 Å². The van der Waals surface area contributed by atoms with E-state index >= 15 is 0 Å². The smallest absolute Gasteiger partial charge is 0.140 e. The number of aromatic nitrogens is 2. The molecule has 2 rings (SSSR count). The van der Waals surface area contributed by atoms with Crippen molar-refractivity contribution < 1.29 is 4.79 Å². The molecule has 1 aromatic heterocycles. The molecule has 0 radical (unpaired) electrons. The van der Waals surface area contributed by atoms with Gasteiger partial charge in [0.25, 0.3) is 0 Å². The van der Waals surface area contributed by atoms with Gasteiger partial charge in [0, 0.05) is 24.4 Å². The number of hydrogen-bond acceptors (Lipinski definition) is 3. The molecule has 4 heteroatoms. The molecule has 4 nitrogen and oxygen atoms in total. The van der Waals surface area contributed by atoms with Crippen LogP contribution >= 0.6 is 0 Å². The number of rotatable bonds is 5. The maximum atomic E-state index is 12.3. The number of hydrogen-bond donors (Lipinski definition) is 1. The number of benzene rings is 1. The van der Waals surface area contributed by atoms with Crippen molar-refractivity contribution in [3.05, 3.63) is 30.0 Å². The molecule has 114 valence electrons. The Morgan fingerprint density at radius 1 is 1.33 bits per heavy atom. The Labute approximate surface area is 126 Å². The Bertz CT molecular complexity index is 637. The third-order valence-corrected chi connectivity index (χ3v) is 3.96. The summed E-state index contributed by atoms with van der Waals surface area (Å²) in [4.78, 5) is 12.3. The lowest BCUT2D eigenvalue weighted by Gasteiger charge is -2.26. The molecule has 1 aromatic carbocycles. The largest absolute Gasteiger partial charge is 0.327 e. The van der Waals surface area contributed by atoms with Crippen molar-refractivity contribution >= 4 is 16.7 Å². The van der Waals surface area contributed by atoms with Gasteiger partial charge >= 0.3 is 0 Å². The van der Waals surface area contributed by atoms with Crippen LogP contribution < -0.4 is 5.73 Å². The maximum Gasteiger partial charge on any atom is 0.140 e. The van der Waals surface area contributed by atoms with Gasteiger partial charge in [0.15, 0.2) is 0 Å². The zero-order valence-corrected chi connectivity index (χ0v) is 13.4. The Morgan fingerprint density at radius 3 is 2.62 bits per heavy atom. The van der Waals surface area contributed by atoms with E-state index in [2.05, 4.69) is 32.8 Å². The van der Waals surface area contributed by atoms with Crippen molar-refractivity contribution in [1.82, 2.24) is 9.78 Å². The number of carbonyl (C=O) groups is 1. The molecule has 1 atom stereocenters. The first-order chi connectivity index (χ1) is 9.82. The zero-order chi connectivity index (χ0) is 15.6. The SMILES string of the molecule is CCn1nc(CC(=O)CC(N)C(C)(C)C)c2ccccc21. The maximum absolute atomic E-state index is 12.3. The fourth-order valence-electron chi connectivity index (χ4n) is 2.38. The zero-order valence-electron chi connectivity index (χ0n) is 13.4. The summed E-state index contributed by atoms with van der Waals surface area (Å²) in [5.74, 6) is 0.156. The first-order valence-corrected chi connectivity index (χ1v) is 7.54. The predicted molar refractivity (Wildman–Crippen MR) is 86.2 cm³/mol. The summed E-state index contributed by atoms with van der Waals surface area (Å²) in [6.45, 7) is 9.04. The third-order valence-electron chi connectivity index (χ3n) is 3.96. The van der Waals surface area contributed by atoms with E-state index < -0.39 is 0 Å². The van der Waals surface area contributed by atoms with Crippen LogP contribution in [0.25, 0.3) is 10.9 Å². The normalized spacial score (nSPS) is 13.6. The fourth-order valence-corrected chi connectivity index (χ4v) is 2.38. The first-order valence-electron chi connectivity index (χ1n) is 7.54. The van der Waals surface area contributed by atoms with E-state index in [9.17, 15) is 4.79 Å². The summed E-state index contributed by atoms with van der Waals surface area (Å²) in [5.41, 5.74) is 7.99. The van der Waals surface area contributed by atoms with Gasteiger partial charge in [-0.1, -0.05) is 39.0 Å². The number of carbonyl (C=O) groups excluding carboxylic acids is 1. The highest BCUT2D eigenvalue weighted by molar-refractivity contribution is 5.88. The standard InChI is InChI=1S/C17H25N3O/c1-5-20-15-9-7-6-8-13(15)14(19-20)10-12(21)11-16(18)17(2,3)4/h6-9,16H,5,10-11,18H2,1-4H3. The average Bonchev–Trinajstić information content (AvgIpc) is 2.76. The van der Waals surface area contributed by atoms with E-state index in [-0.39, 0.29) is 17.2 Å². The lowest BCUT2D eigenvalue weighted by molar-refractivity contribution is -0.119. The highest BCUT2D eigenvalue weighted by Gasteiger charge is 2.24. The Balaban J connectivity index is 2.18. The molecule has 0 aliphatic carbocycles. The summed E-state index contributed by atoms with van der Waals surface area (Å²) in [5, 5.41) is 5.64. The van der Waals surface area contributed by atoms with Crippen molar-refractivity contribution in [2.24, 2.45) is 11.1 Å². The van der Waals surface area contributed by atoms with Crippen LogP contribution in [0.4, 0.5) is 0 Å². The van der Waals surface area contributed by atoms with Crippen molar-refractivity contribution in [3.8, 4) is 0 Å². The molecule has 0 aliphatic heterocycles. The number of nitrogens with zero attached hydrogens (tertiary/aromatic N) is 2. The van der Waals surface area contributed by atoms with Crippen molar-refractivity contribution in [1.29, 1.82) is 0 Å². The molecule has 0 saturated heterocycles. The monoisotopic (exact) mass is 287 g/mol. The van der Waals surface area contributed by atoms with Crippen LogP contribution in [-0.4, -0.2) is 21.6 Å². The third kappa shape index (κ3) is 3.50. The van der Waals surface area contributed by atoms with Gasteiger partial charge < -0.3 is 5.73 Å². The second kappa shape index (κ2) is 5.98. The molecule has 0 fully saturated rings. The molecule has 2 N–H and O–H groups in total. The molecule has 0 spiro atoms. The van der Waals surface area contributed by atoms with E-state index in [1.807, 2.05) is 28.9 Å². The van der Waals surface area contributed by atoms with E-state index in [0.717, 1.165) is 23.1 Å². The summed E-state index contributed by atoms with van der Waals surface area (Å²) in [7, 11) is 0. The Hall–Kier alpha value is -1.68. The first kappa shape index (κ1) is 15.7. The van der Waals surface area contributed by atoms with Crippen LogP contribution in [0.1, 0.15) is 39.8 Å². The minimum atomic E-state index is -0.121. The number of ketones is 1. The summed E-state index contributed by atoms with van der Waals surface area (Å²) < 4.78 is 1.95. The number of fused-ring (bicyclic) bond motifs is 1. The Kier molecular flexibility index (Phi) is 4.47. The average molecular weight is 287 g/mol. The second-order valence-electron chi connectivity index (χ2n) is 6.67. The quantitative estimate of drug-likeness (QED) is 0.919. The molecule has 0 amide bonds. The van der Waals surface area contributed by atoms with Gasteiger partial charge in [-0.3, -0.25) is 9.48 Å². The van der Waals surface area contributed by atoms with E-state index in [4.69, 9.17) is 5.73 Å². The molecular formula is C17H25N3O. The van der Waals surface area contributed by atoms with Gasteiger partial charge in [-0.05, 0) is 18.4 Å². The van der Waals surface area contributed by atoms with Crippen LogP contribution in [0.2, 0.25) is 0 Å². The van der Waals surface area contributed by atoms with E-state index in [1.165, 1.54) is 0 Å². The van der Waals surface area contributed by atoms with E-state index in [0.29, 0.717) is 12.8 Å². The highest BCUT2D eigenvalue weighted by Crippen LogP contribution is 2.22. The second-order valence-corrected chi connectivity index (χ2v) is 6.67. The molecule has 21 heavy (non-hydrogen) atoms. The number of aryl methyl sites for hydroxylation is 1. The molecule has 0 bridgehead atoms. The Morgan fingerprint density at radius 2 is 2.00 bits per heavy atom. The number of nitrogens with two attached hydrogens (primary N) is 1. The molecule has 1 heterocycles. The predicted octanol–water partition coefficient (Wildman–Crippen LogP) is 2.93. The minimum absolute atomic E-state index is 0.0551. The lowest BCUT2D eigenvalue weighted by Crippen LogP contribution is -2.37. The number of Topliss-reactive ketones (excluding diaryl/α,β-unsaturated/α-hetero) is 1. The van der Waals surface area contributed by atoms with E-state index in [1.54, 1.807) is 0 Å². The molecule has 1 unspecified atom stereocenters. The molecular weight excluding hydrogens is 262 g/mol. The molecule has 2 aromatic rings. The number of para-hydroxylation sites is 1. The van der Waals surface area contributed by atoms with Gasteiger partial charge in [-0.2, -0.15) is 5.10 Å². The van der Waals surface area contributed by atoms with Crippen LogP contribution in [0.15, 0.2) is 24.3 Å². The topological polar surface area (TPSA) is 60.9 Å². The van der Waals surface area contributed by atoms with Crippen molar-refractivity contribution in [2.75, 3.05) is 0 Å². The molecule has 0 saturated carbocycles. The molecule has 0 aliphatic rings. The van der Waals surface area contributed by atoms with Crippen LogP contribution in [-0.2, 0) is 17.8 Å². The van der Waals surface area contributed by atoms with Gasteiger partial charge in [0.2, 0.25) is 0 Å². The highest BCUT2D eigenvalue weighted by atomic mass is 16.1.